The first-order valence-electron chi connectivity index (χ1n) is 5.92. The third-order valence-corrected chi connectivity index (χ3v) is 2.78. The fraction of sp³-hybridized carbons (Fsp3) is 0.900. The maximum absolute atomic E-state index is 13.1. The van der Waals surface area contributed by atoms with E-state index in [0.29, 0.717) is 0 Å². The van der Waals surface area contributed by atoms with E-state index in [2.05, 4.69) is 4.74 Å². The third kappa shape index (κ3) is 3.93. The second-order valence-corrected chi connectivity index (χ2v) is 4.70. The Bertz CT molecular complexity index is 511. The lowest BCUT2D eigenvalue weighted by atomic mass is 9.93. The second kappa shape index (κ2) is 6.92. The molecule has 3 nitrogen and oxygen atoms in total. The van der Waals surface area contributed by atoms with Gasteiger partial charge in [-0.15, -0.1) is 0 Å². The van der Waals surface area contributed by atoms with Crippen LogP contribution in [-0.4, -0.2) is 60.1 Å². The van der Waals surface area contributed by atoms with E-state index < -0.39 is 61.4 Å². The Balaban J connectivity index is 5.74. The van der Waals surface area contributed by atoms with Gasteiger partial charge in [0.1, 0.15) is 6.61 Å². The Hall–Kier alpha value is -1.48. The Kier molecular flexibility index (Phi) is 6.53. The Morgan fingerprint density at radius 3 is 1.42 bits per heavy atom. The van der Waals surface area contributed by atoms with Gasteiger partial charge in [0.05, 0.1) is 6.61 Å². The number of aliphatic carboxylic acids is 1. The van der Waals surface area contributed by atoms with Gasteiger partial charge >= 0.3 is 41.8 Å². The van der Waals surface area contributed by atoms with Crippen LogP contribution >= 0.6 is 0 Å². The van der Waals surface area contributed by atoms with Crippen LogP contribution in [0.2, 0.25) is 0 Å². The van der Waals surface area contributed by atoms with Crippen molar-refractivity contribution in [2.24, 2.45) is 0 Å². The summed E-state index contributed by atoms with van der Waals surface area (Å²) < 4.78 is 168. The molecule has 0 bridgehead atoms. The van der Waals surface area contributed by atoms with E-state index >= 15 is 0 Å². The number of ether oxygens (including phenoxy) is 1. The molecule has 0 unspecified atom stereocenters. The van der Waals surface area contributed by atoms with E-state index in [9.17, 15) is 61.9 Å². The lowest BCUT2D eigenvalue weighted by molar-refractivity contribution is -0.440. The third-order valence-electron chi connectivity index (χ3n) is 2.78. The molecular weight excluding hydrogens is 415 g/mol. The Morgan fingerprint density at radius 1 is 0.692 bits per heavy atom. The Morgan fingerprint density at radius 2 is 1.08 bits per heavy atom. The summed E-state index contributed by atoms with van der Waals surface area (Å²) in [5.41, 5.74) is 0. The largest absolute Gasteiger partial charge is 0.480 e. The first-order chi connectivity index (χ1) is 11.2. The highest BCUT2D eigenvalue weighted by atomic mass is 19.4. The highest BCUT2D eigenvalue weighted by Crippen LogP contribution is 2.60. The van der Waals surface area contributed by atoms with Gasteiger partial charge in [-0.1, -0.05) is 0 Å². The monoisotopic (exact) mass is 422 g/mol. The quantitative estimate of drug-likeness (QED) is 0.447. The van der Waals surface area contributed by atoms with E-state index in [4.69, 9.17) is 5.11 Å². The number of carbonyl (C=O) groups is 1. The van der Waals surface area contributed by atoms with Crippen molar-refractivity contribution < 1.29 is 71.7 Å². The number of rotatable bonds is 9. The molecule has 16 heteroatoms. The molecule has 0 fully saturated rings. The van der Waals surface area contributed by atoms with Gasteiger partial charge < -0.3 is 9.84 Å². The maximum Gasteiger partial charge on any atom is 0.460 e. The van der Waals surface area contributed by atoms with Crippen LogP contribution in [0.5, 0.6) is 0 Å². The molecule has 0 aromatic heterocycles. The number of hydrogen-bond donors (Lipinski definition) is 1. The predicted molar refractivity (Wildman–Crippen MR) is 53.9 cm³/mol. The molecule has 0 aromatic rings. The molecule has 0 aromatic carbocycles. The molecule has 0 aliphatic heterocycles. The number of carboxylic acid groups (broad SMARTS) is 1. The normalized spacial score (nSPS) is 15.3. The molecule has 0 spiro atoms. The highest BCUT2D eigenvalue weighted by Gasteiger charge is 2.90. The van der Waals surface area contributed by atoms with Gasteiger partial charge in [-0.05, 0) is 0 Å². The minimum atomic E-state index is -7.95. The zero-order chi connectivity index (χ0) is 21.4. The van der Waals surface area contributed by atoms with E-state index in [1.807, 2.05) is 0 Å². The molecule has 156 valence electrons. The summed E-state index contributed by atoms with van der Waals surface area (Å²) >= 11 is 0. The van der Waals surface area contributed by atoms with E-state index in [0.717, 1.165) is 0 Å². The average Bonchev–Trinajstić information content (AvgIpc) is 2.41. The van der Waals surface area contributed by atoms with Crippen LogP contribution in [0.25, 0.3) is 0 Å². The van der Waals surface area contributed by atoms with Gasteiger partial charge in [-0.2, -0.15) is 57.1 Å². The SMILES string of the molecule is O=C(O)COCCC(F)(F)C(F)(F)C(F)(F)C(F)(F)C(F)(F)C(F)(F)F. The van der Waals surface area contributed by atoms with Gasteiger partial charge in [-0.3, -0.25) is 0 Å². The summed E-state index contributed by atoms with van der Waals surface area (Å²) in [7, 11) is 0. The molecule has 0 aliphatic carbocycles. The van der Waals surface area contributed by atoms with Crippen molar-refractivity contribution in [2.75, 3.05) is 13.2 Å². The molecular formula is C10H7F13O3. The van der Waals surface area contributed by atoms with Crippen LogP contribution in [0.4, 0.5) is 57.1 Å². The van der Waals surface area contributed by atoms with Crippen LogP contribution in [0.3, 0.4) is 0 Å². The van der Waals surface area contributed by atoms with E-state index in [-0.39, 0.29) is 0 Å². The van der Waals surface area contributed by atoms with Crippen molar-refractivity contribution in [3.05, 3.63) is 0 Å². The lowest BCUT2D eigenvalue weighted by Gasteiger charge is -2.39. The van der Waals surface area contributed by atoms with Gasteiger partial charge in [0.2, 0.25) is 0 Å². The molecule has 1 N–H and O–H groups in total. The number of carboxylic acids is 1. The minimum absolute atomic E-state index is 1.40. The molecule has 0 rings (SSSR count). The fourth-order valence-electron chi connectivity index (χ4n) is 1.32. The van der Waals surface area contributed by atoms with Crippen LogP contribution in [-0.2, 0) is 9.53 Å². The summed E-state index contributed by atoms with van der Waals surface area (Å²) in [6, 6.07) is 0. The zero-order valence-electron chi connectivity index (χ0n) is 11.8. The number of alkyl halides is 13. The van der Waals surface area contributed by atoms with Crippen molar-refractivity contribution in [2.45, 2.75) is 42.2 Å². The molecule has 0 heterocycles. The second-order valence-electron chi connectivity index (χ2n) is 4.70. The first kappa shape index (κ1) is 24.5. The summed E-state index contributed by atoms with van der Waals surface area (Å²) in [5, 5.41) is 8.03. The van der Waals surface area contributed by atoms with Crippen LogP contribution < -0.4 is 0 Å². The van der Waals surface area contributed by atoms with Crippen molar-refractivity contribution in [1.82, 2.24) is 0 Å². The summed E-state index contributed by atoms with van der Waals surface area (Å²) in [6.45, 7) is -3.15. The maximum atomic E-state index is 13.1. The summed E-state index contributed by atoms with van der Waals surface area (Å²) in [6.07, 6.45) is -10.0. The molecule has 0 saturated heterocycles. The van der Waals surface area contributed by atoms with Gasteiger partial charge in [0.25, 0.3) is 0 Å². The lowest BCUT2D eigenvalue weighted by Crippen LogP contribution is -2.70. The van der Waals surface area contributed by atoms with Gasteiger partial charge in [-0.25, -0.2) is 4.79 Å². The molecule has 0 amide bonds. The van der Waals surface area contributed by atoms with Crippen LogP contribution in [0.1, 0.15) is 6.42 Å². The number of hydrogen-bond acceptors (Lipinski definition) is 2. The highest BCUT2D eigenvalue weighted by molar-refractivity contribution is 5.67. The first-order valence-corrected chi connectivity index (χ1v) is 5.92. The minimum Gasteiger partial charge on any atom is -0.480 e. The molecule has 0 aliphatic rings. The van der Waals surface area contributed by atoms with Crippen molar-refractivity contribution >= 4 is 5.97 Å². The van der Waals surface area contributed by atoms with E-state index in [1.165, 1.54) is 0 Å². The van der Waals surface area contributed by atoms with Crippen LogP contribution in [0.15, 0.2) is 0 Å². The average molecular weight is 422 g/mol. The topological polar surface area (TPSA) is 46.5 Å². The summed E-state index contributed by atoms with van der Waals surface area (Å²) in [5.74, 6) is -39.1. The molecule has 0 atom stereocenters. The van der Waals surface area contributed by atoms with E-state index in [1.54, 1.807) is 0 Å². The molecule has 0 saturated carbocycles. The van der Waals surface area contributed by atoms with Crippen molar-refractivity contribution in [3.8, 4) is 0 Å². The smallest absolute Gasteiger partial charge is 0.460 e. The standard InChI is InChI=1S/C10H7F13O3/c11-5(12,1-2-26-3-4(24)25)6(13,14)7(15,16)8(17,18)9(19,20)10(21,22)23/h1-3H2,(H,24,25). The van der Waals surface area contributed by atoms with Gasteiger partial charge in [0, 0.05) is 6.42 Å². The fourth-order valence-corrected chi connectivity index (χ4v) is 1.32. The predicted octanol–water partition coefficient (Wildman–Crippen LogP) is 4.22. The molecule has 26 heavy (non-hydrogen) atoms. The van der Waals surface area contributed by atoms with Crippen molar-refractivity contribution in [1.29, 1.82) is 0 Å². The van der Waals surface area contributed by atoms with Gasteiger partial charge in [0.15, 0.2) is 0 Å². The Labute approximate surface area is 134 Å². The van der Waals surface area contributed by atoms with Crippen molar-refractivity contribution in [3.63, 3.8) is 0 Å². The summed E-state index contributed by atoms with van der Waals surface area (Å²) in [4.78, 5) is 9.95. The zero-order valence-corrected chi connectivity index (χ0v) is 11.8. The molecule has 0 radical (unpaired) electrons. The number of halogens is 13. The van der Waals surface area contributed by atoms with Crippen LogP contribution in [0, 0.1) is 0 Å².